The summed E-state index contributed by atoms with van der Waals surface area (Å²) in [5.41, 5.74) is 0.846. The van der Waals surface area contributed by atoms with Crippen molar-refractivity contribution < 1.29 is 9.13 Å². The topological polar surface area (TPSA) is 9.23 Å². The Kier molecular flexibility index (Phi) is 7.91. The predicted octanol–water partition coefficient (Wildman–Crippen LogP) is 6.54. The molecule has 1 aliphatic carbocycles. The molecule has 0 atom stereocenters. The average Bonchev–Trinajstić information content (AvgIpc) is 2.56. The Morgan fingerprint density at radius 3 is 2.30 bits per heavy atom. The third kappa shape index (κ3) is 6.16. The minimum atomic E-state index is -0.107. The molecule has 0 radical (unpaired) electrons. The van der Waals surface area contributed by atoms with Crippen molar-refractivity contribution in [1.29, 1.82) is 0 Å². The Labute approximate surface area is 141 Å². The van der Waals surface area contributed by atoms with E-state index in [0.717, 1.165) is 30.2 Å². The summed E-state index contributed by atoms with van der Waals surface area (Å²) in [5, 5.41) is 0. The Morgan fingerprint density at radius 2 is 1.70 bits per heavy atom. The van der Waals surface area contributed by atoms with Gasteiger partial charge in [0.15, 0.2) is 0 Å². The van der Waals surface area contributed by atoms with Crippen molar-refractivity contribution in [3.05, 3.63) is 29.6 Å². The highest BCUT2D eigenvalue weighted by Gasteiger charge is 2.21. The zero-order valence-corrected chi connectivity index (χ0v) is 15.0. The van der Waals surface area contributed by atoms with E-state index in [1.54, 1.807) is 0 Å². The highest BCUT2D eigenvalue weighted by Crippen LogP contribution is 2.34. The summed E-state index contributed by atoms with van der Waals surface area (Å²) >= 11 is 0. The second-order valence-corrected chi connectivity index (χ2v) is 7.11. The number of benzene rings is 1. The van der Waals surface area contributed by atoms with Crippen LogP contribution in [0.2, 0.25) is 0 Å². The quantitative estimate of drug-likeness (QED) is 0.469. The van der Waals surface area contributed by atoms with Gasteiger partial charge in [-0.25, -0.2) is 4.39 Å². The molecule has 1 saturated carbocycles. The fourth-order valence-corrected chi connectivity index (χ4v) is 3.84. The van der Waals surface area contributed by atoms with Crippen molar-refractivity contribution >= 4 is 0 Å². The Balaban J connectivity index is 1.71. The predicted molar refractivity (Wildman–Crippen MR) is 95.5 cm³/mol. The van der Waals surface area contributed by atoms with Gasteiger partial charge in [0.25, 0.3) is 0 Å². The van der Waals surface area contributed by atoms with Crippen LogP contribution in [0.1, 0.15) is 77.2 Å². The van der Waals surface area contributed by atoms with Crippen LogP contribution in [0, 0.1) is 17.7 Å². The van der Waals surface area contributed by atoms with Crippen molar-refractivity contribution in [2.45, 2.75) is 78.1 Å². The first-order valence-electron chi connectivity index (χ1n) is 9.64. The molecule has 0 unspecified atom stereocenters. The number of ether oxygens (including phenoxy) is 1. The first-order valence-corrected chi connectivity index (χ1v) is 9.64. The van der Waals surface area contributed by atoms with Crippen LogP contribution < -0.4 is 4.74 Å². The number of rotatable bonds is 9. The van der Waals surface area contributed by atoms with Crippen molar-refractivity contribution in [3.8, 4) is 5.75 Å². The maximum atomic E-state index is 14.1. The highest BCUT2D eigenvalue weighted by molar-refractivity contribution is 5.29. The first kappa shape index (κ1) is 18.3. The van der Waals surface area contributed by atoms with Gasteiger partial charge in [-0.05, 0) is 43.2 Å². The summed E-state index contributed by atoms with van der Waals surface area (Å²) in [5.74, 6) is 2.29. The maximum absolute atomic E-state index is 14.1. The van der Waals surface area contributed by atoms with Crippen LogP contribution in [0.3, 0.4) is 0 Å². The lowest BCUT2D eigenvalue weighted by Gasteiger charge is -2.28. The standard InChI is InChI=1S/C21H33FO/c1-3-5-6-7-17-8-10-18(11-9-17)12-13-19-14-15-20(23-4-2)16-21(19)22/h14-18H,3-13H2,1-2H3/t17-,18-. The normalized spacial score (nSPS) is 21.3. The van der Waals surface area contributed by atoms with E-state index >= 15 is 0 Å². The average molecular weight is 320 g/mol. The van der Waals surface area contributed by atoms with Gasteiger partial charge >= 0.3 is 0 Å². The molecule has 23 heavy (non-hydrogen) atoms. The molecule has 0 spiro atoms. The number of hydrogen-bond donors (Lipinski definition) is 0. The van der Waals surface area contributed by atoms with E-state index in [2.05, 4.69) is 6.92 Å². The molecule has 130 valence electrons. The molecule has 1 nitrogen and oxygen atoms in total. The summed E-state index contributed by atoms with van der Waals surface area (Å²) in [6.07, 6.45) is 13.0. The van der Waals surface area contributed by atoms with Gasteiger partial charge in [-0.15, -0.1) is 0 Å². The zero-order chi connectivity index (χ0) is 16.5. The minimum absolute atomic E-state index is 0.107. The van der Waals surface area contributed by atoms with Crippen molar-refractivity contribution in [2.24, 2.45) is 11.8 Å². The van der Waals surface area contributed by atoms with E-state index in [1.165, 1.54) is 57.4 Å². The molecule has 0 saturated heterocycles. The molecule has 0 aromatic heterocycles. The molecule has 0 aliphatic heterocycles. The van der Waals surface area contributed by atoms with E-state index in [1.807, 2.05) is 19.1 Å². The Morgan fingerprint density at radius 1 is 1.00 bits per heavy atom. The second kappa shape index (κ2) is 9.95. The van der Waals surface area contributed by atoms with E-state index in [-0.39, 0.29) is 5.82 Å². The van der Waals surface area contributed by atoms with E-state index < -0.39 is 0 Å². The first-order chi connectivity index (χ1) is 11.2. The number of unbranched alkanes of at least 4 members (excludes halogenated alkanes) is 2. The van der Waals surface area contributed by atoms with Gasteiger partial charge in [-0.3, -0.25) is 0 Å². The van der Waals surface area contributed by atoms with Gasteiger partial charge in [0.2, 0.25) is 0 Å². The largest absolute Gasteiger partial charge is 0.494 e. The molecule has 2 heteroatoms. The summed E-state index contributed by atoms with van der Waals surface area (Å²) in [6.45, 7) is 4.78. The third-order valence-corrected chi connectivity index (χ3v) is 5.34. The van der Waals surface area contributed by atoms with Gasteiger partial charge in [0.1, 0.15) is 11.6 Å². The summed E-state index contributed by atoms with van der Waals surface area (Å²) in [4.78, 5) is 0. The summed E-state index contributed by atoms with van der Waals surface area (Å²) in [7, 11) is 0. The lowest BCUT2D eigenvalue weighted by Crippen LogP contribution is -2.15. The summed E-state index contributed by atoms with van der Waals surface area (Å²) < 4.78 is 19.4. The van der Waals surface area contributed by atoms with Crippen LogP contribution in [0.4, 0.5) is 4.39 Å². The number of halogens is 1. The van der Waals surface area contributed by atoms with Crippen LogP contribution >= 0.6 is 0 Å². The fourth-order valence-electron chi connectivity index (χ4n) is 3.84. The minimum Gasteiger partial charge on any atom is -0.494 e. The maximum Gasteiger partial charge on any atom is 0.130 e. The third-order valence-electron chi connectivity index (χ3n) is 5.34. The van der Waals surface area contributed by atoms with Gasteiger partial charge in [-0.1, -0.05) is 64.4 Å². The van der Waals surface area contributed by atoms with Crippen molar-refractivity contribution in [1.82, 2.24) is 0 Å². The molecule has 1 aliphatic rings. The van der Waals surface area contributed by atoms with E-state index in [9.17, 15) is 4.39 Å². The van der Waals surface area contributed by atoms with Gasteiger partial charge in [0.05, 0.1) is 6.61 Å². The zero-order valence-electron chi connectivity index (χ0n) is 15.0. The van der Waals surface area contributed by atoms with Crippen LogP contribution in [0.15, 0.2) is 18.2 Å². The molecule has 0 N–H and O–H groups in total. The van der Waals surface area contributed by atoms with E-state index in [0.29, 0.717) is 12.4 Å². The van der Waals surface area contributed by atoms with Crippen LogP contribution in [0.5, 0.6) is 5.75 Å². The molecule has 1 fully saturated rings. The molecular weight excluding hydrogens is 287 g/mol. The molecule has 0 bridgehead atoms. The molecule has 2 rings (SSSR count). The van der Waals surface area contributed by atoms with Crippen LogP contribution in [-0.2, 0) is 6.42 Å². The fraction of sp³-hybridized carbons (Fsp3) is 0.714. The molecule has 1 aromatic carbocycles. The molecule has 0 amide bonds. The Bertz CT molecular complexity index is 449. The smallest absolute Gasteiger partial charge is 0.130 e. The number of aryl methyl sites for hydroxylation is 1. The van der Waals surface area contributed by atoms with Gasteiger partial charge in [0, 0.05) is 6.07 Å². The Hall–Kier alpha value is -1.05. The van der Waals surface area contributed by atoms with Gasteiger partial charge < -0.3 is 4.74 Å². The monoisotopic (exact) mass is 320 g/mol. The molecular formula is C21H33FO. The SMILES string of the molecule is CCCCC[C@H]1CC[C@H](CCc2ccc(OCC)cc2F)CC1. The summed E-state index contributed by atoms with van der Waals surface area (Å²) in [6, 6.07) is 5.33. The lowest BCUT2D eigenvalue weighted by molar-refractivity contribution is 0.248. The van der Waals surface area contributed by atoms with Crippen molar-refractivity contribution in [3.63, 3.8) is 0 Å². The van der Waals surface area contributed by atoms with Crippen LogP contribution in [0.25, 0.3) is 0 Å². The van der Waals surface area contributed by atoms with Crippen LogP contribution in [-0.4, -0.2) is 6.61 Å². The molecule has 0 heterocycles. The lowest BCUT2D eigenvalue weighted by atomic mass is 9.78. The van der Waals surface area contributed by atoms with Crippen molar-refractivity contribution in [2.75, 3.05) is 6.61 Å². The highest BCUT2D eigenvalue weighted by atomic mass is 19.1. The van der Waals surface area contributed by atoms with Gasteiger partial charge in [-0.2, -0.15) is 0 Å². The van der Waals surface area contributed by atoms with E-state index in [4.69, 9.17) is 4.74 Å². The second-order valence-electron chi connectivity index (χ2n) is 7.11. The number of hydrogen-bond acceptors (Lipinski definition) is 1. The molecule has 1 aromatic rings.